The van der Waals surface area contributed by atoms with Crippen LogP contribution in [0.25, 0.3) is 16.9 Å². The zero-order chi connectivity index (χ0) is 13.6. The molecule has 3 aromatic heterocycles. The van der Waals surface area contributed by atoms with Crippen LogP contribution in [0.3, 0.4) is 0 Å². The van der Waals surface area contributed by atoms with Crippen LogP contribution in [-0.2, 0) is 0 Å². The Balaban J connectivity index is 2.31. The average Bonchev–Trinajstić information content (AvgIpc) is 2.66. The number of hydrogen-bond donors (Lipinski definition) is 1. The third-order valence-corrected chi connectivity index (χ3v) is 3.50. The molecule has 0 unspecified atom stereocenters. The Bertz CT molecular complexity index is 776. The summed E-state index contributed by atoms with van der Waals surface area (Å²) in [5.74, 6) is 0.646. The van der Waals surface area contributed by atoms with E-state index in [0.29, 0.717) is 5.82 Å². The summed E-state index contributed by atoms with van der Waals surface area (Å²) in [5.41, 5.74) is 11.0. The van der Waals surface area contributed by atoms with Crippen molar-refractivity contribution in [2.75, 3.05) is 5.73 Å². The monoisotopic (exact) mass is 316 g/mol. The molecule has 3 rings (SSSR count). The van der Waals surface area contributed by atoms with Gasteiger partial charge in [-0.3, -0.25) is 9.38 Å². The molecule has 3 heterocycles. The summed E-state index contributed by atoms with van der Waals surface area (Å²) in [5, 5.41) is 0. The number of fused-ring (bicyclic) bond motifs is 1. The van der Waals surface area contributed by atoms with Crippen LogP contribution in [-0.4, -0.2) is 14.4 Å². The predicted octanol–water partition coefficient (Wildman–Crippen LogP) is 3.36. The standard InChI is InChI=1S/C14H13BrN4/c1-8-3-9(2)19-12(4-8)18-13(14(19)16)10-5-11(15)7-17-6-10/h3-7H,16H2,1-2H3. The van der Waals surface area contributed by atoms with Crippen LogP contribution >= 0.6 is 15.9 Å². The minimum atomic E-state index is 0.646. The lowest BCUT2D eigenvalue weighted by Gasteiger charge is -2.03. The van der Waals surface area contributed by atoms with Gasteiger partial charge in [-0.1, -0.05) is 0 Å². The number of rotatable bonds is 1. The SMILES string of the molecule is Cc1cc(C)n2c(N)c(-c3cncc(Br)c3)nc2c1. The lowest BCUT2D eigenvalue weighted by molar-refractivity contribution is 1.09. The van der Waals surface area contributed by atoms with Gasteiger partial charge in [0.15, 0.2) is 0 Å². The van der Waals surface area contributed by atoms with E-state index >= 15 is 0 Å². The Kier molecular flexibility index (Phi) is 2.78. The van der Waals surface area contributed by atoms with Crippen molar-refractivity contribution in [2.24, 2.45) is 0 Å². The van der Waals surface area contributed by atoms with Crippen LogP contribution in [0.2, 0.25) is 0 Å². The van der Waals surface area contributed by atoms with E-state index in [4.69, 9.17) is 5.73 Å². The maximum atomic E-state index is 6.23. The molecule has 96 valence electrons. The van der Waals surface area contributed by atoms with Crippen molar-refractivity contribution in [3.05, 3.63) is 46.3 Å². The fraction of sp³-hybridized carbons (Fsp3) is 0.143. The molecule has 2 N–H and O–H groups in total. The highest BCUT2D eigenvalue weighted by Gasteiger charge is 2.13. The summed E-state index contributed by atoms with van der Waals surface area (Å²) in [6, 6.07) is 6.08. The van der Waals surface area contributed by atoms with E-state index in [0.717, 1.165) is 27.1 Å². The van der Waals surface area contributed by atoms with Gasteiger partial charge in [0.1, 0.15) is 17.2 Å². The first kappa shape index (κ1) is 12.2. The molecule has 0 spiro atoms. The van der Waals surface area contributed by atoms with Gasteiger partial charge in [0, 0.05) is 28.1 Å². The first-order valence-electron chi connectivity index (χ1n) is 5.92. The first-order chi connectivity index (χ1) is 9.06. The molecule has 0 amide bonds. The summed E-state index contributed by atoms with van der Waals surface area (Å²) in [6.45, 7) is 4.08. The van der Waals surface area contributed by atoms with Crippen molar-refractivity contribution in [3.8, 4) is 11.3 Å². The van der Waals surface area contributed by atoms with Crippen molar-refractivity contribution in [2.45, 2.75) is 13.8 Å². The van der Waals surface area contributed by atoms with E-state index in [9.17, 15) is 0 Å². The van der Waals surface area contributed by atoms with Crippen LogP contribution in [0, 0.1) is 13.8 Å². The summed E-state index contributed by atoms with van der Waals surface area (Å²) >= 11 is 3.42. The number of pyridine rings is 2. The predicted molar refractivity (Wildman–Crippen MR) is 80.0 cm³/mol. The Morgan fingerprint density at radius 2 is 1.95 bits per heavy atom. The zero-order valence-electron chi connectivity index (χ0n) is 10.7. The molecular formula is C14H13BrN4. The molecule has 0 aliphatic heterocycles. The molecule has 0 atom stereocenters. The van der Waals surface area contributed by atoms with Crippen LogP contribution in [0.15, 0.2) is 35.1 Å². The molecule has 0 saturated carbocycles. The quantitative estimate of drug-likeness (QED) is 0.749. The summed E-state index contributed by atoms with van der Waals surface area (Å²) in [7, 11) is 0. The van der Waals surface area contributed by atoms with Gasteiger partial charge in [0.05, 0.1) is 0 Å². The van der Waals surface area contributed by atoms with Gasteiger partial charge in [-0.15, -0.1) is 0 Å². The van der Waals surface area contributed by atoms with Crippen LogP contribution in [0.1, 0.15) is 11.3 Å². The Labute approximate surface area is 119 Å². The highest BCUT2D eigenvalue weighted by Crippen LogP contribution is 2.28. The number of aromatic nitrogens is 3. The average molecular weight is 317 g/mol. The van der Waals surface area contributed by atoms with Crippen molar-refractivity contribution < 1.29 is 0 Å². The normalized spacial score (nSPS) is 11.1. The van der Waals surface area contributed by atoms with Gasteiger partial charge in [0.2, 0.25) is 0 Å². The van der Waals surface area contributed by atoms with Gasteiger partial charge in [-0.05, 0) is 53.5 Å². The van der Waals surface area contributed by atoms with Crippen molar-refractivity contribution >= 4 is 27.4 Å². The topological polar surface area (TPSA) is 56.2 Å². The minimum Gasteiger partial charge on any atom is -0.383 e. The number of nitrogens with two attached hydrogens (primary N) is 1. The summed E-state index contributed by atoms with van der Waals surface area (Å²) < 4.78 is 2.87. The Hall–Kier alpha value is -1.88. The van der Waals surface area contributed by atoms with Crippen molar-refractivity contribution in [1.29, 1.82) is 0 Å². The van der Waals surface area contributed by atoms with E-state index in [1.54, 1.807) is 12.4 Å². The largest absolute Gasteiger partial charge is 0.383 e. The van der Waals surface area contributed by atoms with Crippen LogP contribution < -0.4 is 5.73 Å². The lowest BCUT2D eigenvalue weighted by atomic mass is 10.2. The molecule has 0 fully saturated rings. The van der Waals surface area contributed by atoms with Gasteiger partial charge >= 0.3 is 0 Å². The maximum Gasteiger partial charge on any atom is 0.139 e. The molecule has 0 aliphatic carbocycles. The summed E-state index contributed by atoms with van der Waals surface area (Å²) in [6.07, 6.45) is 3.51. The second kappa shape index (κ2) is 4.35. The molecule has 4 nitrogen and oxygen atoms in total. The number of hydrogen-bond acceptors (Lipinski definition) is 3. The number of nitrogens with zero attached hydrogens (tertiary/aromatic N) is 3. The second-order valence-corrected chi connectivity index (χ2v) is 5.52. The van der Waals surface area contributed by atoms with Crippen LogP contribution in [0.5, 0.6) is 0 Å². The third-order valence-electron chi connectivity index (χ3n) is 3.06. The highest BCUT2D eigenvalue weighted by atomic mass is 79.9. The van der Waals surface area contributed by atoms with E-state index < -0.39 is 0 Å². The number of aryl methyl sites for hydroxylation is 2. The maximum absolute atomic E-state index is 6.23. The van der Waals surface area contributed by atoms with E-state index in [1.165, 1.54) is 5.56 Å². The molecular weight excluding hydrogens is 304 g/mol. The Morgan fingerprint density at radius 3 is 2.68 bits per heavy atom. The molecule has 3 aromatic rings. The smallest absolute Gasteiger partial charge is 0.139 e. The number of anilines is 1. The molecule has 0 aliphatic rings. The van der Waals surface area contributed by atoms with Gasteiger partial charge < -0.3 is 5.73 Å². The van der Waals surface area contributed by atoms with Gasteiger partial charge in [-0.25, -0.2) is 4.98 Å². The Morgan fingerprint density at radius 1 is 1.16 bits per heavy atom. The third kappa shape index (κ3) is 2.00. The number of nitrogen functional groups attached to an aromatic ring is 1. The second-order valence-electron chi connectivity index (χ2n) is 4.61. The molecule has 19 heavy (non-hydrogen) atoms. The number of imidazole rings is 1. The van der Waals surface area contributed by atoms with E-state index in [-0.39, 0.29) is 0 Å². The molecule has 0 radical (unpaired) electrons. The van der Waals surface area contributed by atoms with E-state index in [2.05, 4.69) is 38.9 Å². The van der Waals surface area contributed by atoms with E-state index in [1.807, 2.05) is 23.5 Å². The highest BCUT2D eigenvalue weighted by molar-refractivity contribution is 9.10. The molecule has 0 bridgehead atoms. The van der Waals surface area contributed by atoms with Crippen molar-refractivity contribution in [3.63, 3.8) is 0 Å². The fourth-order valence-electron chi connectivity index (χ4n) is 2.31. The van der Waals surface area contributed by atoms with Crippen LogP contribution in [0.4, 0.5) is 5.82 Å². The molecule has 0 saturated heterocycles. The molecule has 0 aromatic carbocycles. The van der Waals surface area contributed by atoms with Gasteiger partial charge in [0.25, 0.3) is 0 Å². The minimum absolute atomic E-state index is 0.646. The fourth-order valence-corrected chi connectivity index (χ4v) is 2.68. The van der Waals surface area contributed by atoms with Crippen molar-refractivity contribution in [1.82, 2.24) is 14.4 Å². The first-order valence-corrected chi connectivity index (χ1v) is 6.71. The number of halogens is 1. The zero-order valence-corrected chi connectivity index (χ0v) is 12.3. The lowest BCUT2D eigenvalue weighted by Crippen LogP contribution is -1.98. The molecule has 5 heteroatoms. The summed E-state index contributed by atoms with van der Waals surface area (Å²) in [4.78, 5) is 8.78. The van der Waals surface area contributed by atoms with Gasteiger partial charge in [-0.2, -0.15) is 0 Å².